The molecule has 0 aliphatic carbocycles. The summed E-state index contributed by atoms with van der Waals surface area (Å²) >= 11 is 4.94. The Labute approximate surface area is 136 Å². The molecular formula is C14H19BrN2O3S. The molecule has 1 saturated heterocycles. The molecule has 1 atom stereocenters. The van der Waals surface area contributed by atoms with Gasteiger partial charge < -0.3 is 15.3 Å². The van der Waals surface area contributed by atoms with Gasteiger partial charge in [0, 0.05) is 11.4 Å². The molecule has 0 bridgehead atoms. The van der Waals surface area contributed by atoms with Gasteiger partial charge in [-0.05, 0) is 47.3 Å². The lowest BCUT2D eigenvalue weighted by Gasteiger charge is -2.34. The zero-order valence-electron chi connectivity index (χ0n) is 11.9. The van der Waals surface area contributed by atoms with Crippen LogP contribution in [0.5, 0.6) is 0 Å². The number of nitrogens with one attached hydrogen (secondary N) is 1. The summed E-state index contributed by atoms with van der Waals surface area (Å²) in [6.45, 7) is 2.88. The maximum atomic E-state index is 12.4. The molecular weight excluding hydrogens is 356 g/mol. The Kier molecular flexibility index (Phi) is 5.27. The van der Waals surface area contributed by atoms with Crippen LogP contribution in [0.3, 0.4) is 0 Å². The number of hydrogen-bond acceptors (Lipinski definition) is 3. The third kappa shape index (κ3) is 3.40. The van der Waals surface area contributed by atoms with E-state index < -0.39 is 11.5 Å². The second-order valence-electron chi connectivity index (χ2n) is 5.21. The Morgan fingerprint density at radius 2 is 2.29 bits per heavy atom. The first-order valence-electron chi connectivity index (χ1n) is 7.02. The van der Waals surface area contributed by atoms with Gasteiger partial charge in [-0.1, -0.05) is 13.3 Å². The van der Waals surface area contributed by atoms with Gasteiger partial charge in [-0.2, -0.15) is 0 Å². The van der Waals surface area contributed by atoms with Gasteiger partial charge in [0.2, 0.25) is 0 Å². The number of amides is 2. The molecule has 1 aromatic rings. The van der Waals surface area contributed by atoms with Gasteiger partial charge in [-0.15, -0.1) is 11.3 Å². The second kappa shape index (κ2) is 6.79. The number of nitrogens with zero attached hydrogens (tertiary/aromatic N) is 1. The van der Waals surface area contributed by atoms with Crippen LogP contribution in [-0.2, 0) is 11.3 Å². The lowest BCUT2D eigenvalue weighted by molar-refractivity contribution is -0.148. The van der Waals surface area contributed by atoms with E-state index in [1.807, 2.05) is 19.1 Å². The van der Waals surface area contributed by atoms with Crippen LogP contribution in [0.1, 0.15) is 37.5 Å². The van der Waals surface area contributed by atoms with Crippen molar-refractivity contribution in [3.8, 4) is 0 Å². The number of carboxylic acids is 1. The van der Waals surface area contributed by atoms with Gasteiger partial charge in [-0.25, -0.2) is 9.59 Å². The molecule has 21 heavy (non-hydrogen) atoms. The predicted molar refractivity (Wildman–Crippen MR) is 85.5 cm³/mol. The van der Waals surface area contributed by atoms with Gasteiger partial charge in [0.25, 0.3) is 0 Å². The summed E-state index contributed by atoms with van der Waals surface area (Å²) in [7, 11) is 0. The van der Waals surface area contributed by atoms with Crippen molar-refractivity contribution in [1.29, 1.82) is 0 Å². The fraction of sp³-hybridized carbons (Fsp3) is 0.571. The van der Waals surface area contributed by atoms with Crippen LogP contribution in [0, 0.1) is 0 Å². The van der Waals surface area contributed by atoms with E-state index in [9.17, 15) is 14.7 Å². The summed E-state index contributed by atoms with van der Waals surface area (Å²) < 4.78 is 1.01. The molecule has 0 aromatic carbocycles. The van der Waals surface area contributed by atoms with E-state index >= 15 is 0 Å². The van der Waals surface area contributed by atoms with E-state index in [1.165, 1.54) is 4.90 Å². The number of hydrogen-bond donors (Lipinski definition) is 2. The number of halogens is 1. The molecule has 1 aliphatic rings. The normalized spacial score (nSPS) is 21.5. The zero-order chi connectivity index (χ0) is 15.5. The van der Waals surface area contributed by atoms with Gasteiger partial charge in [0.15, 0.2) is 0 Å². The minimum atomic E-state index is -1.03. The highest BCUT2D eigenvalue weighted by Gasteiger charge is 2.49. The molecule has 7 heteroatoms. The molecule has 1 unspecified atom stereocenters. The second-order valence-corrected chi connectivity index (χ2v) is 7.75. The molecule has 1 aromatic heterocycles. The van der Waals surface area contributed by atoms with E-state index in [0.717, 1.165) is 21.5 Å². The molecule has 1 fully saturated rings. The minimum absolute atomic E-state index is 0.284. The molecule has 0 saturated carbocycles. The van der Waals surface area contributed by atoms with Crippen molar-refractivity contribution in [1.82, 2.24) is 10.2 Å². The summed E-state index contributed by atoms with van der Waals surface area (Å²) in [5, 5.41) is 12.4. The number of carbonyl (C=O) groups excluding carboxylic acids is 1. The summed E-state index contributed by atoms with van der Waals surface area (Å²) in [5.41, 5.74) is -1.03. The van der Waals surface area contributed by atoms with Gasteiger partial charge in [0.1, 0.15) is 5.54 Å². The maximum absolute atomic E-state index is 12.4. The SMILES string of the molecule is CCCC1(C(=O)O)CCCN1C(=O)NCc1ccc(Br)s1. The first-order valence-corrected chi connectivity index (χ1v) is 8.63. The largest absolute Gasteiger partial charge is 0.479 e. The fourth-order valence-electron chi connectivity index (χ4n) is 2.88. The number of thiophene rings is 1. The maximum Gasteiger partial charge on any atom is 0.329 e. The molecule has 0 spiro atoms. The number of urea groups is 1. The molecule has 2 rings (SSSR count). The standard InChI is InChI=1S/C14H19BrN2O3S/c1-2-6-14(12(18)19)7-3-8-17(14)13(20)16-9-10-4-5-11(15)21-10/h4-5H,2-3,6-9H2,1H3,(H,16,20)(H,18,19). The van der Waals surface area contributed by atoms with Crippen LogP contribution in [0.2, 0.25) is 0 Å². The molecule has 116 valence electrons. The van der Waals surface area contributed by atoms with Crippen molar-refractivity contribution < 1.29 is 14.7 Å². The van der Waals surface area contributed by atoms with E-state index in [-0.39, 0.29) is 6.03 Å². The van der Waals surface area contributed by atoms with Crippen LogP contribution < -0.4 is 5.32 Å². The Morgan fingerprint density at radius 1 is 1.52 bits per heavy atom. The monoisotopic (exact) mass is 374 g/mol. The number of likely N-dealkylation sites (tertiary alicyclic amines) is 1. The van der Waals surface area contributed by atoms with Crippen molar-refractivity contribution >= 4 is 39.3 Å². The van der Waals surface area contributed by atoms with Crippen molar-refractivity contribution in [3.63, 3.8) is 0 Å². The third-order valence-corrected chi connectivity index (χ3v) is 5.46. The van der Waals surface area contributed by atoms with Crippen molar-refractivity contribution in [3.05, 3.63) is 20.8 Å². The summed E-state index contributed by atoms with van der Waals surface area (Å²) in [6.07, 6.45) is 2.52. The summed E-state index contributed by atoms with van der Waals surface area (Å²) in [5.74, 6) is -0.893. The smallest absolute Gasteiger partial charge is 0.329 e. The first-order chi connectivity index (χ1) is 9.99. The Balaban J connectivity index is 2.04. The predicted octanol–water partition coefficient (Wildman–Crippen LogP) is 3.44. The third-order valence-electron chi connectivity index (χ3n) is 3.84. The van der Waals surface area contributed by atoms with E-state index in [4.69, 9.17) is 0 Å². The highest BCUT2D eigenvalue weighted by Crippen LogP contribution is 2.34. The van der Waals surface area contributed by atoms with Crippen LogP contribution in [-0.4, -0.2) is 34.1 Å². The molecule has 2 heterocycles. The number of rotatable bonds is 5. The lowest BCUT2D eigenvalue weighted by atomic mass is 9.91. The highest BCUT2D eigenvalue weighted by atomic mass is 79.9. The van der Waals surface area contributed by atoms with E-state index in [0.29, 0.717) is 25.9 Å². The summed E-state index contributed by atoms with van der Waals surface area (Å²) in [4.78, 5) is 26.6. The topological polar surface area (TPSA) is 69.6 Å². The zero-order valence-corrected chi connectivity index (χ0v) is 14.3. The number of carbonyl (C=O) groups is 2. The van der Waals surface area contributed by atoms with Gasteiger partial charge in [0.05, 0.1) is 10.3 Å². The number of carboxylic acid groups (broad SMARTS) is 1. The Morgan fingerprint density at radius 3 is 2.86 bits per heavy atom. The van der Waals surface area contributed by atoms with Gasteiger partial charge in [-0.3, -0.25) is 0 Å². The van der Waals surface area contributed by atoms with Gasteiger partial charge >= 0.3 is 12.0 Å². The molecule has 2 amide bonds. The van der Waals surface area contributed by atoms with Crippen LogP contribution in [0.4, 0.5) is 4.79 Å². The molecule has 0 radical (unpaired) electrons. The molecule has 1 aliphatic heterocycles. The minimum Gasteiger partial charge on any atom is -0.479 e. The quantitative estimate of drug-likeness (QED) is 0.828. The summed E-state index contributed by atoms with van der Waals surface area (Å²) in [6, 6.07) is 3.59. The van der Waals surface area contributed by atoms with Crippen molar-refractivity contribution in [2.75, 3.05) is 6.54 Å². The first kappa shape index (κ1) is 16.3. The lowest BCUT2D eigenvalue weighted by Crippen LogP contribution is -2.55. The molecule has 2 N–H and O–H groups in total. The Hall–Kier alpha value is -1.08. The van der Waals surface area contributed by atoms with E-state index in [1.54, 1.807) is 11.3 Å². The average Bonchev–Trinajstić information content (AvgIpc) is 3.04. The van der Waals surface area contributed by atoms with Crippen molar-refractivity contribution in [2.24, 2.45) is 0 Å². The molecule has 5 nitrogen and oxygen atoms in total. The highest BCUT2D eigenvalue weighted by molar-refractivity contribution is 9.11. The van der Waals surface area contributed by atoms with Crippen molar-refractivity contribution in [2.45, 2.75) is 44.7 Å². The van der Waals surface area contributed by atoms with Crippen LogP contribution >= 0.6 is 27.3 Å². The average molecular weight is 375 g/mol. The van der Waals surface area contributed by atoms with E-state index in [2.05, 4.69) is 21.2 Å². The Bertz CT molecular complexity index is 534. The van der Waals surface area contributed by atoms with Crippen LogP contribution in [0.15, 0.2) is 15.9 Å². The number of aliphatic carboxylic acids is 1. The van der Waals surface area contributed by atoms with Crippen LogP contribution in [0.25, 0.3) is 0 Å². The fourth-order valence-corrected chi connectivity index (χ4v) is 4.31.